The smallest absolute Gasteiger partial charge is 0.0553 e. The second kappa shape index (κ2) is 4.48. The Morgan fingerprint density at radius 3 is 2.83 bits per heavy atom. The highest BCUT2D eigenvalue weighted by Crippen LogP contribution is 2.18. The van der Waals surface area contributed by atoms with Gasteiger partial charge in [-0.3, -0.25) is 4.98 Å². The highest BCUT2D eigenvalue weighted by atomic mass is 32.2. The predicted octanol–water partition coefficient (Wildman–Crippen LogP) is 1.96. The number of rotatable bonds is 3. The van der Waals surface area contributed by atoms with Crippen molar-refractivity contribution < 1.29 is 0 Å². The molecule has 0 spiro atoms. The lowest BCUT2D eigenvalue weighted by molar-refractivity contribution is 0.953. The van der Waals surface area contributed by atoms with Gasteiger partial charge in [0.1, 0.15) is 0 Å². The van der Waals surface area contributed by atoms with Crippen molar-refractivity contribution in [3.05, 3.63) is 23.5 Å². The molecule has 0 atom stereocenters. The lowest BCUT2D eigenvalue weighted by Gasteiger charge is -2.03. The first-order valence-electron chi connectivity index (χ1n) is 4.06. The highest BCUT2D eigenvalue weighted by molar-refractivity contribution is 7.99. The lowest BCUT2D eigenvalue weighted by Crippen LogP contribution is -2.00. The number of nitrogens with zero attached hydrogens (tertiary/aromatic N) is 1. The van der Waals surface area contributed by atoms with E-state index in [0.717, 1.165) is 17.1 Å². The number of pyridine rings is 1. The van der Waals surface area contributed by atoms with E-state index in [1.807, 2.05) is 18.7 Å². The Balaban J connectivity index is 2.90. The van der Waals surface area contributed by atoms with Gasteiger partial charge in [0, 0.05) is 17.1 Å². The van der Waals surface area contributed by atoms with Crippen molar-refractivity contribution in [1.29, 1.82) is 0 Å². The van der Waals surface area contributed by atoms with Crippen LogP contribution in [0.5, 0.6) is 0 Å². The molecule has 3 heteroatoms. The van der Waals surface area contributed by atoms with Gasteiger partial charge >= 0.3 is 0 Å². The lowest BCUT2D eigenvalue weighted by atomic mass is 10.3. The Morgan fingerprint density at radius 1 is 1.50 bits per heavy atom. The topological polar surface area (TPSA) is 38.9 Å². The third kappa shape index (κ3) is 2.50. The Bertz CT molecular complexity index is 261. The Hall–Kier alpha value is -0.540. The number of hydrogen-bond acceptors (Lipinski definition) is 3. The van der Waals surface area contributed by atoms with Gasteiger partial charge in [-0.05, 0) is 24.8 Å². The average molecular weight is 182 g/mol. The Kier molecular flexibility index (Phi) is 3.56. The number of aromatic nitrogens is 1. The molecule has 0 aliphatic carbocycles. The van der Waals surface area contributed by atoms with Gasteiger partial charge in [0.15, 0.2) is 0 Å². The van der Waals surface area contributed by atoms with Gasteiger partial charge < -0.3 is 5.73 Å². The van der Waals surface area contributed by atoms with Crippen LogP contribution in [0.25, 0.3) is 0 Å². The molecule has 0 aliphatic heterocycles. The van der Waals surface area contributed by atoms with Crippen LogP contribution in [-0.4, -0.2) is 10.7 Å². The van der Waals surface area contributed by atoms with Gasteiger partial charge in [-0.25, -0.2) is 0 Å². The van der Waals surface area contributed by atoms with Crippen LogP contribution in [-0.2, 0) is 6.54 Å². The second-order valence-electron chi connectivity index (χ2n) is 2.57. The molecule has 0 bridgehead atoms. The second-order valence-corrected chi connectivity index (χ2v) is 3.91. The first-order valence-corrected chi connectivity index (χ1v) is 5.05. The first kappa shape index (κ1) is 9.55. The minimum atomic E-state index is 0.527. The Morgan fingerprint density at radius 2 is 2.25 bits per heavy atom. The summed E-state index contributed by atoms with van der Waals surface area (Å²) in [6, 6.07) is 4.15. The van der Waals surface area contributed by atoms with E-state index >= 15 is 0 Å². The number of thioether (sulfide) groups is 1. The molecule has 0 radical (unpaired) electrons. The Labute approximate surface area is 77.6 Å². The molecule has 0 unspecified atom stereocenters. The van der Waals surface area contributed by atoms with Gasteiger partial charge in [-0.2, -0.15) is 0 Å². The van der Waals surface area contributed by atoms with Crippen LogP contribution in [0.15, 0.2) is 17.0 Å². The maximum atomic E-state index is 5.51. The summed E-state index contributed by atoms with van der Waals surface area (Å²) in [5.41, 5.74) is 7.54. The van der Waals surface area contributed by atoms with E-state index in [4.69, 9.17) is 5.73 Å². The number of hydrogen-bond donors (Lipinski definition) is 1. The zero-order valence-electron chi connectivity index (χ0n) is 7.50. The van der Waals surface area contributed by atoms with E-state index in [-0.39, 0.29) is 0 Å². The molecule has 1 aromatic heterocycles. The van der Waals surface area contributed by atoms with Crippen LogP contribution in [0.4, 0.5) is 0 Å². The highest BCUT2D eigenvalue weighted by Gasteiger charge is 1.97. The molecule has 0 saturated carbocycles. The molecule has 0 aliphatic rings. The van der Waals surface area contributed by atoms with Gasteiger partial charge in [-0.1, -0.05) is 6.92 Å². The number of aryl methyl sites for hydroxylation is 1. The largest absolute Gasteiger partial charge is 0.325 e. The summed E-state index contributed by atoms with van der Waals surface area (Å²) in [5, 5.41) is 0. The van der Waals surface area contributed by atoms with E-state index in [2.05, 4.69) is 24.0 Å². The van der Waals surface area contributed by atoms with Crippen molar-refractivity contribution in [2.75, 3.05) is 5.75 Å². The van der Waals surface area contributed by atoms with Crippen molar-refractivity contribution in [3.8, 4) is 0 Å². The van der Waals surface area contributed by atoms with Gasteiger partial charge in [-0.15, -0.1) is 11.8 Å². The molecular weight excluding hydrogens is 168 g/mol. The fourth-order valence-corrected chi connectivity index (χ4v) is 1.86. The third-order valence-electron chi connectivity index (χ3n) is 1.50. The fraction of sp³-hybridized carbons (Fsp3) is 0.444. The summed E-state index contributed by atoms with van der Waals surface area (Å²) in [4.78, 5) is 5.57. The number of nitrogens with two attached hydrogens (primary N) is 1. The average Bonchev–Trinajstić information content (AvgIpc) is 2.04. The summed E-state index contributed by atoms with van der Waals surface area (Å²) in [5.74, 6) is 1.09. The van der Waals surface area contributed by atoms with Gasteiger partial charge in [0.2, 0.25) is 0 Å². The normalized spacial score (nSPS) is 10.2. The van der Waals surface area contributed by atoms with E-state index < -0.39 is 0 Å². The quantitative estimate of drug-likeness (QED) is 0.726. The van der Waals surface area contributed by atoms with Crippen molar-refractivity contribution >= 4 is 11.8 Å². The molecule has 2 nitrogen and oxygen atoms in total. The van der Waals surface area contributed by atoms with Crippen LogP contribution in [0, 0.1) is 6.92 Å². The minimum Gasteiger partial charge on any atom is -0.325 e. The van der Waals surface area contributed by atoms with Gasteiger partial charge in [0.05, 0.1) is 5.69 Å². The van der Waals surface area contributed by atoms with E-state index in [9.17, 15) is 0 Å². The fourth-order valence-electron chi connectivity index (χ4n) is 1.06. The molecule has 1 rings (SSSR count). The molecule has 0 saturated heterocycles. The summed E-state index contributed by atoms with van der Waals surface area (Å²) in [6.07, 6.45) is 0. The SMILES string of the molecule is CCSc1cc(C)nc(CN)c1. The van der Waals surface area contributed by atoms with E-state index in [1.54, 1.807) is 0 Å². The van der Waals surface area contributed by atoms with E-state index in [0.29, 0.717) is 6.54 Å². The molecule has 0 aromatic carbocycles. The van der Waals surface area contributed by atoms with Crippen molar-refractivity contribution in [2.45, 2.75) is 25.3 Å². The third-order valence-corrected chi connectivity index (χ3v) is 2.36. The van der Waals surface area contributed by atoms with Crippen LogP contribution in [0.1, 0.15) is 18.3 Å². The molecule has 0 fully saturated rings. The zero-order chi connectivity index (χ0) is 8.97. The standard InChI is InChI=1S/C9H14N2S/c1-3-12-9-4-7(2)11-8(5-9)6-10/h4-5H,3,6,10H2,1-2H3. The summed E-state index contributed by atoms with van der Waals surface area (Å²) < 4.78 is 0. The maximum Gasteiger partial charge on any atom is 0.0553 e. The minimum absolute atomic E-state index is 0.527. The zero-order valence-corrected chi connectivity index (χ0v) is 8.32. The van der Waals surface area contributed by atoms with Crippen molar-refractivity contribution in [1.82, 2.24) is 4.98 Å². The van der Waals surface area contributed by atoms with Crippen LogP contribution in [0.3, 0.4) is 0 Å². The summed E-state index contributed by atoms with van der Waals surface area (Å²) in [6.45, 7) is 4.67. The van der Waals surface area contributed by atoms with Gasteiger partial charge in [0.25, 0.3) is 0 Å². The van der Waals surface area contributed by atoms with Crippen LogP contribution >= 0.6 is 11.8 Å². The van der Waals surface area contributed by atoms with Crippen molar-refractivity contribution in [3.63, 3.8) is 0 Å². The van der Waals surface area contributed by atoms with Crippen molar-refractivity contribution in [2.24, 2.45) is 5.73 Å². The predicted molar refractivity (Wildman–Crippen MR) is 53.3 cm³/mol. The van der Waals surface area contributed by atoms with E-state index in [1.165, 1.54) is 4.90 Å². The summed E-state index contributed by atoms with van der Waals surface area (Å²) in [7, 11) is 0. The van der Waals surface area contributed by atoms with Crippen LogP contribution < -0.4 is 5.73 Å². The molecular formula is C9H14N2S. The van der Waals surface area contributed by atoms with Crippen LogP contribution in [0.2, 0.25) is 0 Å². The molecule has 12 heavy (non-hydrogen) atoms. The maximum absolute atomic E-state index is 5.51. The molecule has 1 heterocycles. The molecule has 2 N–H and O–H groups in total. The molecule has 66 valence electrons. The monoisotopic (exact) mass is 182 g/mol. The summed E-state index contributed by atoms with van der Waals surface area (Å²) >= 11 is 1.82. The molecule has 0 amide bonds. The molecule has 1 aromatic rings. The first-order chi connectivity index (χ1) is 5.76.